The molecule has 5 nitrogen and oxygen atoms in total. The SMILES string of the molecule is CC[C@H](C)NC(=O)[C@@H](Cc1ccccc1)N(Cc1ccccc1C)C(=O)COc1ccc(F)cc1. The summed E-state index contributed by atoms with van der Waals surface area (Å²) in [5.74, 6) is -0.515. The molecule has 1 N–H and O–H groups in total. The van der Waals surface area contributed by atoms with Crippen molar-refractivity contribution in [3.8, 4) is 5.75 Å². The molecular formula is C29H33FN2O3. The van der Waals surface area contributed by atoms with Gasteiger partial charge in [-0.25, -0.2) is 4.39 Å². The number of carbonyl (C=O) groups excluding carboxylic acids is 2. The van der Waals surface area contributed by atoms with Crippen LogP contribution in [0.25, 0.3) is 0 Å². The Morgan fingerprint density at radius 3 is 2.29 bits per heavy atom. The van der Waals surface area contributed by atoms with Crippen LogP contribution in [0.1, 0.15) is 37.0 Å². The summed E-state index contributed by atoms with van der Waals surface area (Å²) in [5.41, 5.74) is 2.95. The molecule has 0 aliphatic heterocycles. The molecule has 2 atom stereocenters. The van der Waals surface area contributed by atoms with E-state index in [9.17, 15) is 14.0 Å². The molecule has 0 unspecified atom stereocenters. The molecule has 0 fully saturated rings. The van der Waals surface area contributed by atoms with E-state index < -0.39 is 6.04 Å². The zero-order chi connectivity index (χ0) is 25.2. The van der Waals surface area contributed by atoms with Crippen molar-refractivity contribution in [2.45, 2.75) is 52.2 Å². The van der Waals surface area contributed by atoms with Gasteiger partial charge in [0.15, 0.2) is 6.61 Å². The normalized spacial score (nSPS) is 12.5. The fourth-order valence-electron chi connectivity index (χ4n) is 3.72. The number of amides is 2. The van der Waals surface area contributed by atoms with E-state index in [4.69, 9.17) is 4.74 Å². The third-order valence-corrected chi connectivity index (χ3v) is 6.05. The second-order valence-corrected chi connectivity index (χ2v) is 8.71. The van der Waals surface area contributed by atoms with E-state index in [2.05, 4.69) is 5.32 Å². The summed E-state index contributed by atoms with van der Waals surface area (Å²) in [5, 5.41) is 3.05. The lowest BCUT2D eigenvalue weighted by Crippen LogP contribution is -2.53. The number of aryl methyl sites for hydroxylation is 1. The first-order valence-electron chi connectivity index (χ1n) is 11.9. The number of benzene rings is 3. The summed E-state index contributed by atoms with van der Waals surface area (Å²) in [6.45, 7) is 5.94. The topological polar surface area (TPSA) is 58.6 Å². The van der Waals surface area contributed by atoms with Gasteiger partial charge in [0.25, 0.3) is 5.91 Å². The van der Waals surface area contributed by atoms with Crippen molar-refractivity contribution < 1.29 is 18.7 Å². The Morgan fingerprint density at radius 2 is 1.63 bits per heavy atom. The first-order chi connectivity index (χ1) is 16.9. The Hall–Kier alpha value is -3.67. The molecule has 0 bridgehead atoms. The van der Waals surface area contributed by atoms with Gasteiger partial charge in [0.2, 0.25) is 5.91 Å². The number of carbonyl (C=O) groups is 2. The van der Waals surface area contributed by atoms with Crippen molar-refractivity contribution in [2.24, 2.45) is 0 Å². The molecule has 3 rings (SSSR count). The van der Waals surface area contributed by atoms with Crippen LogP contribution < -0.4 is 10.1 Å². The van der Waals surface area contributed by atoms with E-state index in [-0.39, 0.29) is 36.8 Å². The van der Waals surface area contributed by atoms with E-state index in [0.29, 0.717) is 12.2 Å². The highest BCUT2D eigenvalue weighted by Gasteiger charge is 2.31. The maximum atomic E-state index is 13.5. The molecule has 0 saturated heterocycles. The fourth-order valence-corrected chi connectivity index (χ4v) is 3.72. The summed E-state index contributed by atoms with van der Waals surface area (Å²) in [6, 6.07) is 22.2. The quantitative estimate of drug-likeness (QED) is 0.421. The highest BCUT2D eigenvalue weighted by Crippen LogP contribution is 2.18. The summed E-state index contributed by atoms with van der Waals surface area (Å²) in [4.78, 5) is 28.6. The highest BCUT2D eigenvalue weighted by molar-refractivity contribution is 5.88. The fraction of sp³-hybridized carbons (Fsp3) is 0.310. The molecule has 0 aromatic heterocycles. The summed E-state index contributed by atoms with van der Waals surface area (Å²) < 4.78 is 18.9. The van der Waals surface area contributed by atoms with Gasteiger partial charge in [-0.15, -0.1) is 0 Å². The van der Waals surface area contributed by atoms with Crippen LogP contribution in [-0.4, -0.2) is 35.4 Å². The average Bonchev–Trinajstić information content (AvgIpc) is 2.87. The number of hydrogen-bond acceptors (Lipinski definition) is 3. The first-order valence-corrected chi connectivity index (χ1v) is 11.9. The maximum Gasteiger partial charge on any atom is 0.261 e. The largest absolute Gasteiger partial charge is 0.484 e. The van der Waals surface area contributed by atoms with Gasteiger partial charge in [-0.1, -0.05) is 61.5 Å². The first kappa shape index (κ1) is 25.9. The second-order valence-electron chi connectivity index (χ2n) is 8.71. The number of rotatable bonds is 11. The van der Waals surface area contributed by atoms with Crippen LogP contribution in [0.5, 0.6) is 5.75 Å². The lowest BCUT2D eigenvalue weighted by atomic mass is 10.0. The molecule has 3 aromatic rings. The minimum absolute atomic E-state index is 0.0216. The van der Waals surface area contributed by atoms with Gasteiger partial charge in [-0.2, -0.15) is 0 Å². The summed E-state index contributed by atoms with van der Waals surface area (Å²) in [7, 11) is 0. The lowest BCUT2D eigenvalue weighted by molar-refractivity contribution is -0.143. The molecule has 184 valence electrons. The Morgan fingerprint density at radius 1 is 0.971 bits per heavy atom. The van der Waals surface area contributed by atoms with Crippen LogP contribution in [0.15, 0.2) is 78.9 Å². The zero-order valence-electron chi connectivity index (χ0n) is 20.5. The van der Waals surface area contributed by atoms with Crippen molar-refractivity contribution in [3.05, 3.63) is 101 Å². The molecule has 0 saturated carbocycles. The third kappa shape index (κ3) is 7.67. The minimum Gasteiger partial charge on any atom is -0.484 e. The van der Waals surface area contributed by atoms with E-state index in [1.165, 1.54) is 24.3 Å². The second kappa shape index (κ2) is 12.7. The van der Waals surface area contributed by atoms with Gasteiger partial charge in [0.05, 0.1) is 0 Å². The number of halogens is 1. The Kier molecular flexibility index (Phi) is 9.41. The van der Waals surface area contributed by atoms with Crippen molar-refractivity contribution in [1.82, 2.24) is 10.2 Å². The Labute approximate surface area is 206 Å². The molecule has 0 aliphatic rings. The molecular weight excluding hydrogens is 443 g/mol. The molecule has 0 heterocycles. The van der Waals surface area contributed by atoms with Gasteiger partial charge >= 0.3 is 0 Å². The predicted octanol–water partition coefficient (Wildman–Crippen LogP) is 5.07. The molecule has 0 radical (unpaired) electrons. The molecule has 0 aliphatic carbocycles. The number of ether oxygens (including phenoxy) is 1. The molecule has 0 spiro atoms. The number of hydrogen-bond donors (Lipinski definition) is 1. The predicted molar refractivity (Wildman–Crippen MR) is 135 cm³/mol. The summed E-state index contributed by atoms with van der Waals surface area (Å²) in [6.07, 6.45) is 1.15. The van der Waals surface area contributed by atoms with E-state index in [1.54, 1.807) is 4.90 Å². The highest BCUT2D eigenvalue weighted by atomic mass is 19.1. The molecule has 35 heavy (non-hydrogen) atoms. The van der Waals surface area contributed by atoms with Crippen LogP contribution in [0, 0.1) is 12.7 Å². The van der Waals surface area contributed by atoms with Crippen molar-refractivity contribution in [1.29, 1.82) is 0 Å². The van der Waals surface area contributed by atoms with E-state index in [0.717, 1.165) is 23.1 Å². The number of nitrogens with zero attached hydrogens (tertiary/aromatic N) is 1. The van der Waals surface area contributed by atoms with Gasteiger partial charge in [-0.05, 0) is 61.2 Å². The smallest absolute Gasteiger partial charge is 0.261 e. The lowest BCUT2D eigenvalue weighted by Gasteiger charge is -2.32. The molecule has 3 aromatic carbocycles. The monoisotopic (exact) mass is 476 g/mol. The van der Waals surface area contributed by atoms with Crippen molar-refractivity contribution in [2.75, 3.05) is 6.61 Å². The molecule has 2 amide bonds. The van der Waals surface area contributed by atoms with Crippen LogP contribution in [-0.2, 0) is 22.6 Å². The van der Waals surface area contributed by atoms with Crippen LogP contribution in [0.3, 0.4) is 0 Å². The van der Waals surface area contributed by atoms with Crippen molar-refractivity contribution in [3.63, 3.8) is 0 Å². The van der Waals surface area contributed by atoms with Gasteiger partial charge in [-0.3, -0.25) is 9.59 Å². The van der Waals surface area contributed by atoms with Crippen LogP contribution in [0.2, 0.25) is 0 Å². The maximum absolute atomic E-state index is 13.5. The third-order valence-electron chi connectivity index (χ3n) is 6.05. The average molecular weight is 477 g/mol. The van der Waals surface area contributed by atoms with E-state index >= 15 is 0 Å². The zero-order valence-corrected chi connectivity index (χ0v) is 20.5. The van der Waals surface area contributed by atoms with Gasteiger partial charge in [0.1, 0.15) is 17.6 Å². The standard InChI is InChI=1S/C29H33FN2O3/c1-4-22(3)31-29(34)27(18-23-11-6-5-7-12-23)32(19-24-13-9-8-10-21(24)2)28(33)20-35-26-16-14-25(30)15-17-26/h5-17,22,27H,4,18-20H2,1-3H3,(H,31,34)/t22-,27+/m0/s1. The van der Waals surface area contributed by atoms with Gasteiger partial charge < -0.3 is 15.0 Å². The summed E-state index contributed by atoms with van der Waals surface area (Å²) >= 11 is 0. The van der Waals surface area contributed by atoms with Crippen LogP contribution in [0.4, 0.5) is 4.39 Å². The van der Waals surface area contributed by atoms with Crippen molar-refractivity contribution >= 4 is 11.8 Å². The minimum atomic E-state index is -0.727. The Balaban J connectivity index is 1.91. The Bertz CT molecular complexity index is 1100. The number of nitrogens with one attached hydrogen (secondary N) is 1. The van der Waals surface area contributed by atoms with Crippen LogP contribution >= 0.6 is 0 Å². The molecule has 6 heteroatoms. The van der Waals surface area contributed by atoms with Gasteiger partial charge in [0, 0.05) is 19.0 Å². The van der Waals surface area contributed by atoms with E-state index in [1.807, 2.05) is 75.4 Å².